The molecule has 1 fully saturated rings. The highest BCUT2D eigenvalue weighted by atomic mass is 35.5. The Balaban J connectivity index is 0.00000264. The van der Waals surface area contributed by atoms with E-state index < -0.39 is 14.9 Å². The highest BCUT2D eigenvalue weighted by molar-refractivity contribution is 7.89. The Bertz CT molecular complexity index is 671. The molecule has 0 aromatic heterocycles. The van der Waals surface area contributed by atoms with Crippen molar-refractivity contribution in [1.29, 1.82) is 0 Å². The maximum atomic E-state index is 12.6. The van der Waals surface area contributed by atoms with E-state index in [1.807, 2.05) is 6.92 Å². The molecule has 1 heterocycles. The lowest BCUT2D eigenvalue weighted by molar-refractivity contribution is -0.385. The molecule has 9 heteroatoms. The molecule has 0 saturated carbocycles. The monoisotopic (exact) mass is 363 g/mol. The van der Waals surface area contributed by atoms with Gasteiger partial charge in [0.2, 0.25) is 10.0 Å². The van der Waals surface area contributed by atoms with E-state index in [1.165, 1.54) is 22.5 Å². The Morgan fingerprint density at radius 1 is 1.35 bits per heavy atom. The van der Waals surface area contributed by atoms with Crippen LogP contribution in [0.4, 0.5) is 5.69 Å². The highest BCUT2D eigenvalue weighted by Crippen LogP contribution is 2.27. The lowest BCUT2D eigenvalue weighted by Crippen LogP contribution is -2.42. The first-order chi connectivity index (χ1) is 10.2. The van der Waals surface area contributed by atoms with Crippen molar-refractivity contribution in [2.45, 2.75) is 37.6 Å². The van der Waals surface area contributed by atoms with E-state index in [1.54, 1.807) is 6.92 Å². The van der Waals surface area contributed by atoms with Gasteiger partial charge in [-0.05, 0) is 44.7 Å². The third kappa shape index (κ3) is 4.20. The van der Waals surface area contributed by atoms with Crippen LogP contribution in [0.15, 0.2) is 23.1 Å². The van der Waals surface area contributed by atoms with Crippen LogP contribution in [-0.2, 0) is 10.0 Å². The second kappa shape index (κ2) is 7.57. The van der Waals surface area contributed by atoms with E-state index in [0.29, 0.717) is 24.6 Å². The summed E-state index contributed by atoms with van der Waals surface area (Å²) < 4.78 is 26.7. The summed E-state index contributed by atoms with van der Waals surface area (Å²) in [5, 5.41) is 10.8. The van der Waals surface area contributed by atoms with Crippen molar-refractivity contribution >= 4 is 28.1 Å². The second-order valence-corrected chi connectivity index (χ2v) is 7.74. The number of rotatable bonds is 4. The van der Waals surface area contributed by atoms with E-state index in [4.69, 9.17) is 5.73 Å². The number of sulfonamides is 1. The van der Waals surface area contributed by atoms with E-state index in [2.05, 4.69) is 0 Å². The summed E-state index contributed by atoms with van der Waals surface area (Å²) in [6.45, 7) is 4.35. The summed E-state index contributed by atoms with van der Waals surface area (Å²) >= 11 is 0. The van der Waals surface area contributed by atoms with Crippen molar-refractivity contribution in [3.05, 3.63) is 33.9 Å². The fraction of sp³-hybridized carbons (Fsp3) is 0.571. The van der Waals surface area contributed by atoms with E-state index in [-0.39, 0.29) is 29.0 Å². The Morgan fingerprint density at radius 3 is 2.35 bits per heavy atom. The molecule has 2 N–H and O–H groups in total. The molecule has 1 aromatic rings. The minimum Gasteiger partial charge on any atom is -0.328 e. The zero-order valence-corrected chi connectivity index (χ0v) is 14.8. The molecular weight excluding hydrogens is 342 g/mol. The number of benzene rings is 1. The number of halogens is 1. The third-order valence-corrected chi connectivity index (χ3v) is 6.14. The van der Waals surface area contributed by atoms with E-state index in [9.17, 15) is 18.5 Å². The standard InChI is InChI=1S/C14H21N3O4S.ClH/c1-10-9-13(3-4-14(10)17(18)19)22(20,21)16-7-5-12(6-8-16)11(2)15;/h3-4,9,11-12H,5-8,15H2,1-2H3;1H. The molecule has 1 unspecified atom stereocenters. The first-order valence-electron chi connectivity index (χ1n) is 7.24. The minimum absolute atomic E-state index is 0. The Kier molecular flexibility index (Phi) is 6.52. The predicted molar refractivity (Wildman–Crippen MR) is 90.2 cm³/mol. The predicted octanol–water partition coefficient (Wildman–Crippen LogP) is 2.07. The topological polar surface area (TPSA) is 107 Å². The van der Waals surface area contributed by atoms with Crippen LogP contribution in [0.1, 0.15) is 25.3 Å². The molecule has 2 rings (SSSR count). The van der Waals surface area contributed by atoms with Gasteiger partial charge in [-0.25, -0.2) is 8.42 Å². The quantitative estimate of drug-likeness (QED) is 0.651. The van der Waals surface area contributed by atoms with Crippen molar-refractivity contribution < 1.29 is 13.3 Å². The molecule has 1 aliphatic rings. The molecular formula is C14H22ClN3O4S. The molecule has 0 spiro atoms. The van der Waals surface area contributed by atoms with Gasteiger partial charge in [-0.3, -0.25) is 10.1 Å². The van der Waals surface area contributed by atoms with Crippen LogP contribution in [0.25, 0.3) is 0 Å². The number of nitro groups is 1. The Labute approximate surface area is 142 Å². The van der Waals surface area contributed by atoms with Crippen LogP contribution in [-0.4, -0.2) is 36.8 Å². The molecule has 0 bridgehead atoms. The van der Waals surface area contributed by atoms with Crippen molar-refractivity contribution in [3.8, 4) is 0 Å². The van der Waals surface area contributed by atoms with Gasteiger partial charge in [-0.2, -0.15) is 4.31 Å². The van der Waals surface area contributed by atoms with Gasteiger partial charge in [0, 0.05) is 30.8 Å². The number of piperidine rings is 1. The summed E-state index contributed by atoms with van der Waals surface area (Å²) in [5.74, 6) is 0.338. The molecule has 7 nitrogen and oxygen atoms in total. The maximum absolute atomic E-state index is 12.6. The Hall–Kier alpha value is -1.22. The average Bonchev–Trinajstić information content (AvgIpc) is 2.46. The number of aryl methyl sites for hydroxylation is 1. The second-order valence-electron chi connectivity index (χ2n) is 5.81. The fourth-order valence-electron chi connectivity index (χ4n) is 2.78. The summed E-state index contributed by atoms with van der Waals surface area (Å²) in [6, 6.07) is 3.98. The van der Waals surface area contributed by atoms with Crippen LogP contribution in [0.3, 0.4) is 0 Å². The van der Waals surface area contributed by atoms with Crippen LogP contribution >= 0.6 is 12.4 Å². The van der Waals surface area contributed by atoms with Crippen LogP contribution in [0.5, 0.6) is 0 Å². The molecule has 0 amide bonds. The van der Waals surface area contributed by atoms with Gasteiger partial charge in [-0.1, -0.05) is 0 Å². The van der Waals surface area contributed by atoms with Gasteiger partial charge in [0.25, 0.3) is 5.69 Å². The van der Waals surface area contributed by atoms with Gasteiger partial charge in [-0.15, -0.1) is 12.4 Å². The molecule has 1 saturated heterocycles. The first-order valence-corrected chi connectivity index (χ1v) is 8.68. The number of hydrogen-bond donors (Lipinski definition) is 1. The van der Waals surface area contributed by atoms with Gasteiger partial charge >= 0.3 is 0 Å². The number of nitrogens with zero attached hydrogens (tertiary/aromatic N) is 2. The summed E-state index contributed by atoms with van der Waals surface area (Å²) in [7, 11) is -3.61. The maximum Gasteiger partial charge on any atom is 0.272 e. The minimum atomic E-state index is -3.61. The zero-order valence-electron chi connectivity index (χ0n) is 13.1. The largest absolute Gasteiger partial charge is 0.328 e. The molecule has 130 valence electrons. The SMILES string of the molecule is Cc1cc(S(=O)(=O)N2CCC(C(C)N)CC2)ccc1[N+](=O)[O-].Cl. The van der Waals surface area contributed by atoms with E-state index >= 15 is 0 Å². The number of nitro benzene ring substituents is 1. The smallest absolute Gasteiger partial charge is 0.272 e. The molecule has 1 aromatic carbocycles. The number of nitrogens with two attached hydrogens (primary N) is 1. The highest BCUT2D eigenvalue weighted by Gasteiger charge is 2.31. The zero-order chi connectivity index (χ0) is 16.5. The average molecular weight is 364 g/mol. The van der Waals surface area contributed by atoms with Crippen molar-refractivity contribution in [1.82, 2.24) is 4.31 Å². The van der Waals surface area contributed by atoms with Crippen molar-refractivity contribution in [2.24, 2.45) is 11.7 Å². The van der Waals surface area contributed by atoms with E-state index in [0.717, 1.165) is 12.8 Å². The Morgan fingerprint density at radius 2 is 1.91 bits per heavy atom. The van der Waals surface area contributed by atoms with Gasteiger partial charge in [0.05, 0.1) is 9.82 Å². The van der Waals surface area contributed by atoms with Gasteiger partial charge in [0.1, 0.15) is 0 Å². The fourth-order valence-corrected chi connectivity index (χ4v) is 4.34. The molecule has 1 aliphatic heterocycles. The van der Waals surface area contributed by atoms with Crippen LogP contribution in [0, 0.1) is 23.0 Å². The van der Waals surface area contributed by atoms with Crippen molar-refractivity contribution in [2.75, 3.05) is 13.1 Å². The number of hydrogen-bond acceptors (Lipinski definition) is 5. The summed E-state index contributed by atoms with van der Waals surface area (Å²) in [4.78, 5) is 10.4. The molecule has 0 aliphatic carbocycles. The molecule has 1 atom stereocenters. The summed E-state index contributed by atoms with van der Waals surface area (Å²) in [5.41, 5.74) is 6.14. The van der Waals surface area contributed by atoms with Crippen LogP contribution < -0.4 is 5.73 Å². The lowest BCUT2D eigenvalue weighted by Gasteiger charge is -2.32. The molecule has 23 heavy (non-hydrogen) atoms. The lowest BCUT2D eigenvalue weighted by atomic mass is 9.92. The van der Waals surface area contributed by atoms with Gasteiger partial charge in [0.15, 0.2) is 0 Å². The third-order valence-electron chi connectivity index (χ3n) is 4.24. The normalized spacial score (nSPS) is 18.2. The van der Waals surface area contributed by atoms with Crippen molar-refractivity contribution in [3.63, 3.8) is 0 Å². The molecule has 0 radical (unpaired) electrons. The first kappa shape index (κ1) is 19.8. The van der Waals surface area contributed by atoms with Crippen LogP contribution in [0.2, 0.25) is 0 Å². The summed E-state index contributed by atoms with van der Waals surface area (Å²) in [6.07, 6.45) is 1.48. The van der Waals surface area contributed by atoms with Gasteiger partial charge < -0.3 is 5.73 Å².